The summed E-state index contributed by atoms with van der Waals surface area (Å²) in [5.74, 6) is 0. The summed E-state index contributed by atoms with van der Waals surface area (Å²) in [6.07, 6.45) is 0. The number of hydrogen-bond acceptors (Lipinski definition) is 3. The van der Waals surface area contributed by atoms with Crippen LogP contribution < -0.4 is 0 Å². The molecule has 0 aliphatic heterocycles. The molecule has 0 amide bonds. The number of hydrogen-bond donors (Lipinski definition) is 0. The van der Waals surface area contributed by atoms with E-state index in [9.17, 15) is 8.42 Å². The molecule has 0 saturated heterocycles. The Bertz CT molecular complexity index is 1360. The van der Waals surface area contributed by atoms with E-state index >= 15 is 0 Å². The molecule has 0 aromatic heterocycles. The molecule has 0 spiro atoms. The first-order valence-electron chi connectivity index (χ1n) is 12.5. The fourth-order valence-corrected chi connectivity index (χ4v) is 5.18. The predicted octanol–water partition coefficient (Wildman–Crippen LogP) is 8.58. The van der Waals surface area contributed by atoms with Gasteiger partial charge in [0, 0.05) is 11.5 Å². The van der Waals surface area contributed by atoms with Crippen LogP contribution in [0.4, 0.5) is 0 Å². The van der Waals surface area contributed by atoms with E-state index in [2.05, 4.69) is 45.6 Å². The predicted molar refractivity (Wildman–Crippen MR) is 161 cm³/mol. The number of ether oxygens (including phenoxy) is 1. The summed E-state index contributed by atoms with van der Waals surface area (Å²) in [6.45, 7) is 5.31. The summed E-state index contributed by atoms with van der Waals surface area (Å²) < 4.78 is 37.1. The molecule has 4 aromatic rings. The van der Waals surface area contributed by atoms with Gasteiger partial charge in [0.1, 0.15) is 10.0 Å². The standard InChI is InChI=1S/C31H32N2O3S.CH3.ClH.Ru/c1-24-13-17-26(18-14-24)23-36-22-21-32-30(27-9-5-3-6-10-27)31(28-11-7-4-8-12-28)33-37(34,35)29-19-15-25(2)16-20-29;;;/h3-20,30-31H,21-23H2,1-2H3;1H3;1H;/q-2;-1;;+4/p-1/t30-,31-;;;/m1.../s1. The summed E-state index contributed by atoms with van der Waals surface area (Å²) in [4.78, 5) is 0.173. The van der Waals surface area contributed by atoms with E-state index in [-0.39, 0.29) is 12.3 Å². The van der Waals surface area contributed by atoms with Gasteiger partial charge < -0.3 is 22.2 Å². The first-order valence-corrected chi connectivity index (χ1v) is 16.2. The van der Waals surface area contributed by atoms with Crippen molar-refractivity contribution in [3.05, 3.63) is 154 Å². The van der Waals surface area contributed by atoms with E-state index in [4.69, 9.17) is 10.1 Å². The van der Waals surface area contributed by atoms with Crippen LogP contribution in [0.25, 0.3) is 10.0 Å². The van der Waals surface area contributed by atoms with E-state index in [1.54, 1.807) is 24.3 Å². The van der Waals surface area contributed by atoms with Crippen molar-refractivity contribution >= 4 is 19.7 Å². The van der Waals surface area contributed by atoms with Gasteiger partial charge in [-0.25, -0.2) is 8.42 Å². The van der Waals surface area contributed by atoms with Crippen molar-refractivity contribution in [2.45, 2.75) is 37.4 Å². The van der Waals surface area contributed by atoms with E-state index in [1.165, 1.54) is 5.56 Å². The normalized spacial score (nSPS) is 12.4. The van der Waals surface area contributed by atoms with Crippen LogP contribution in [-0.4, -0.2) is 21.6 Å². The average Bonchev–Trinajstić information content (AvgIpc) is 2.97. The molecule has 5 nitrogen and oxygen atoms in total. The van der Waals surface area contributed by atoms with Gasteiger partial charge in [0.15, 0.2) is 0 Å². The zero-order chi connectivity index (χ0) is 28.1. The molecule has 2 atom stereocenters. The Kier molecular flexibility index (Phi) is 14.7. The van der Waals surface area contributed by atoms with Crippen molar-refractivity contribution in [1.29, 1.82) is 0 Å². The van der Waals surface area contributed by atoms with Gasteiger partial charge in [-0.05, 0) is 31.5 Å². The number of halogens is 1. The monoisotopic (exact) mass is 664 g/mol. The summed E-state index contributed by atoms with van der Waals surface area (Å²) in [5.41, 5.74) is 4.99. The third kappa shape index (κ3) is 10.2. The zero-order valence-corrected chi connectivity index (χ0v) is 26.2. The van der Waals surface area contributed by atoms with E-state index in [0.717, 1.165) is 22.3 Å². The fraction of sp³-hybridized carbons (Fsp3) is 0.219. The number of sulfonamides is 1. The summed E-state index contributed by atoms with van der Waals surface area (Å²) in [6, 6.07) is 33.0. The van der Waals surface area contributed by atoms with Crippen molar-refractivity contribution in [3.8, 4) is 0 Å². The number of benzene rings is 4. The molecule has 0 aliphatic rings. The molecule has 0 radical (unpaired) electrons. The van der Waals surface area contributed by atoms with Gasteiger partial charge in [0.05, 0.1) is 6.61 Å². The third-order valence-corrected chi connectivity index (χ3v) is 7.48. The Labute approximate surface area is 254 Å². The van der Waals surface area contributed by atoms with E-state index < -0.39 is 22.1 Å². The van der Waals surface area contributed by atoms with Crippen LogP contribution in [0.1, 0.15) is 39.9 Å². The van der Waals surface area contributed by atoms with Gasteiger partial charge in [-0.15, -0.1) is 18.6 Å². The fourth-order valence-electron chi connectivity index (χ4n) is 4.04. The van der Waals surface area contributed by atoms with Crippen LogP contribution in [0.5, 0.6) is 0 Å². The maximum absolute atomic E-state index is 13.4. The average molecular weight is 664 g/mol. The molecular weight excluding hydrogens is 629 g/mol. The molecular formula is C32H35ClN2O3RuS. The zero-order valence-electron chi connectivity index (χ0n) is 22.9. The summed E-state index contributed by atoms with van der Waals surface area (Å²) >= 11 is 1.82. The van der Waals surface area contributed by atoms with Gasteiger partial charge in [-0.3, -0.25) is 0 Å². The van der Waals surface area contributed by atoms with Gasteiger partial charge in [0.2, 0.25) is 0 Å². The van der Waals surface area contributed by atoms with Crippen molar-refractivity contribution in [3.63, 3.8) is 0 Å². The minimum atomic E-state index is -3.92. The maximum atomic E-state index is 13.4. The number of nitrogens with zero attached hydrogens (tertiary/aromatic N) is 2. The second-order valence-corrected chi connectivity index (χ2v) is 10.7. The first kappa shape index (κ1) is 33.8. The van der Waals surface area contributed by atoms with Gasteiger partial charge >= 0.3 is 27.0 Å². The number of rotatable bonds is 12. The van der Waals surface area contributed by atoms with Crippen LogP contribution in [0.15, 0.2) is 114 Å². The second kappa shape index (κ2) is 17.4. The molecule has 0 fully saturated rings. The molecule has 4 aromatic carbocycles. The number of aryl methyl sites for hydroxylation is 2. The molecule has 0 N–H and O–H groups in total. The Morgan fingerprint density at radius 1 is 0.725 bits per heavy atom. The van der Waals surface area contributed by atoms with E-state index in [1.807, 2.05) is 84.9 Å². The van der Waals surface area contributed by atoms with Gasteiger partial charge in [-0.2, -0.15) is 0 Å². The quantitative estimate of drug-likeness (QED) is 0.0866. The molecule has 40 heavy (non-hydrogen) atoms. The van der Waals surface area contributed by atoms with Crippen LogP contribution in [-0.2, 0) is 38.7 Å². The third-order valence-electron chi connectivity index (χ3n) is 6.10. The topological polar surface area (TPSA) is 71.6 Å². The van der Waals surface area contributed by atoms with Crippen LogP contribution in [0, 0.1) is 21.3 Å². The molecule has 0 saturated carbocycles. The van der Waals surface area contributed by atoms with Gasteiger partial charge in [0.25, 0.3) is 0 Å². The van der Waals surface area contributed by atoms with Crippen molar-refractivity contribution in [2.24, 2.45) is 0 Å². The molecule has 8 heteroatoms. The van der Waals surface area contributed by atoms with Crippen molar-refractivity contribution in [1.82, 2.24) is 0 Å². The molecule has 0 unspecified atom stereocenters. The SMILES string of the molecule is Cc1ccc(COCC[N-][C@H](c2ccccc2)[C@H]([N-]S(=O)(=O)c2ccc(C)cc2)c2ccccc2)cc1.[CH3-].[Cl][Ru+3]. The molecule has 0 heterocycles. The second-order valence-electron chi connectivity index (χ2n) is 9.05. The summed E-state index contributed by atoms with van der Waals surface area (Å²) in [5, 5.41) is 4.92. The summed E-state index contributed by atoms with van der Waals surface area (Å²) in [7, 11) is 0.650. The first-order chi connectivity index (χ1) is 18.9. The van der Waals surface area contributed by atoms with E-state index in [0.29, 0.717) is 19.8 Å². The van der Waals surface area contributed by atoms with Crippen LogP contribution in [0.3, 0.4) is 0 Å². The van der Waals surface area contributed by atoms with Crippen molar-refractivity contribution < 1.29 is 30.5 Å². The van der Waals surface area contributed by atoms with Gasteiger partial charge in [-0.1, -0.05) is 119 Å². The van der Waals surface area contributed by atoms with Crippen LogP contribution >= 0.6 is 9.69 Å². The molecule has 212 valence electrons. The molecule has 4 rings (SSSR count). The Morgan fingerprint density at radius 2 is 1.20 bits per heavy atom. The van der Waals surface area contributed by atoms with Crippen LogP contribution in [0.2, 0.25) is 0 Å². The Balaban J connectivity index is 0.00000183. The Morgan fingerprint density at radius 3 is 1.73 bits per heavy atom. The Hall–Kier alpha value is -2.38. The van der Waals surface area contributed by atoms with Crippen molar-refractivity contribution in [2.75, 3.05) is 13.2 Å². The molecule has 0 bridgehead atoms. The molecule has 0 aliphatic carbocycles. The minimum absolute atomic E-state index is 0.